The van der Waals surface area contributed by atoms with E-state index in [4.69, 9.17) is 0 Å². The molecule has 0 radical (unpaired) electrons. The molecule has 1 N–H and O–H groups in total. The zero-order chi connectivity index (χ0) is 16.9. The van der Waals surface area contributed by atoms with Gasteiger partial charge in [0.25, 0.3) is 0 Å². The molecule has 0 spiro atoms. The van der Waals surface area contributed by atoms with E-state index in [1.165, 1.54) is 11.1 Å². The molecular weight excluding hydrogens is 294 g/mol. The molecule has 4 rings (SSSR count). The van der Waals surface area contributed by atoms with Crippen molar-refractivity contribution in [3.8, 4) is 17.9 Å². The molecule has 0 bridgehead atoms. The zero-order valence-electron chi connectivity index (χ0n) is 14.5. The Balaban J connectivity index is 1.72. The summed E-state index contributed by atoms with van der Waals surface area (Å²) in [5.74, 6) is 8.16. The average molecular weight is 319 g/mol. The van der Waals surface area contributed by atoms with Crippen LogP contribution in [0, 0.1) is 46.3 Å². The van der Waals surface area contributed by atoms with Gasteiger partial charge in [0.05, 0.1) is 17.7 Å². The molecule has 2 saturated carbocycles. The topological polar surface area (TPSA) is 44.0 Å². The van der Waals surface area contributed by atoms with E-state index in [0.29, 0.717) is 17.8 Å². The first-order valence-electron chi connectivity index (χ1n) is 9.22. The zero-order valence-corrected chi connectivity index (χ0v) is 14.5. The van der Waals surface area contributed by atoms with Crippen LogP contribution in [0.3, 0.4) is 0 Å². The number of fused-ring (bicyclic) bond motifs is 5. The molecule has 3 aliphatic rings. The quantitative estimate of drug-likeness (QED) is 0.734. The molecule has 3 aliphatic carbocycles. The van der Waals surface area contributed by atoms with Crippen molar-refractivity contribution in [2.45, 2.75) is 58.0 Å². The SMILES string of the molecule is CC#C[C@@H]1CC2C3CCc4c(C#N)cccc4C3CC[C@]2(C)[C@H]1O. The van der Waals surface area contributed by atoms with Crippen LogP contribution in [0.25, 0.3) is 0 Å². The van der Waals surface area contributed by atoms with Crippen LogP contribution in [0.4, 0.5) is 0 Å². The van der Waals surface area contributed by atoms with Gasteiger partial charge < -0.3 is 5.11 Å². The molecule has 0 amide bonds. The first-order chi connectivity index (χ1) is 11.6. The van der Waals surface area contributed by atoms with Gasteiger partial charge >= 0.3 is 0 Å². The molecule has 2 heteroatoms. The van der Waals surface area contributed by atoms with E-state index in [0.717, 1.165) is 37.7 Å². The van der Waals surface area contributed by atoms with Crippen molar-refractivity contribution >= 4 is 0 Å². The lowest BCUT2D eigenvalue weighted by Crippen LogP contribution is -2.44. The molecular formula is C22H25NO. The van der Waals surface area contributed by atoms with Crippen LogP contribution in [-0.2, 0) is 6.42 Å². The highest BCUT2D eigenvalue weighted by Gasteiger charge is 2.57. The van der Waals surface area contributed by atoms with Crippen molar-refractivity contribution < 1.29 is 5.11 Å². The highest BCUT2D eigenvalue weighted by Crippen LogP contribution is 2.62. The molecule has 6 atom stereocenters. The number of aliphatic hydroxyl groups excluding tert-OH is 1. The van der Waals surface area contributed by atoms with Crippen molar-refractivity contribution in [1.82, 2.24) is 0 Å². The highest BCUT2D eigenvalue weighted by atomic mass is 16.3. The number of benzene rings is 1. The van der Waals surface area contributed by atoms with Gasteiger partial charge in [-0.3, -0.25) is 0 Å². The van der Waals surface area contributed by atoms with Gasteiger partial charge in [0, 0.05) is 5.92 Å². The summed E-state index contributed by atoms with van der Waals surface area (Å²) in [7, 11) is 0. The van der Waals surface area contributed by atoms with Gasteiger partial charge in [-0.1, -0.05) is 25.0 Å². The Hall–Kier alpha value is -1.77. The molecule has 124 valence electrons. The molecule has 24 heavy (non-hydrogen) atoms. The molecule has 2 nitrogen and oxygen atoms in total. The van der Waals surface area contributed by atoms with Crippen LogP contribution in [0.15, 0.2) is 18.2 Å². The first kappa shape index (κ1) is 15.7. The maximum atomic E-state index is 10.9. The normalized spacial score (nSPS) is 39.7. The number of rotatable bonds is 0. The lowest BCUT2D eigenvalue weighted by atomic mass is 9.55. The summed E-state index contributed by atoms with van der Waals surface area (Å²) in [6.07, 6.45) is 5.10. The van der Waals surface area contributed by atoms with Gasteiger partial charge in [0.2, 0.25) is 0 Å². The predicted octanol–water partition coefficient (Wildman–Crippen LogP) is 4.02. The lowest BCUT2D eigenvalue weighted by Gasteiger charge is -2.50. The van der Waals surface area contributed by atoms with Crippen molar-refractivity contribution in [3.63, 3.8) is 0 Å². The Morgan fingerprint density at radius 1 is 1.29 bits per heavy atom. The van der Waals surface area contributed by atoms with E-state index < -0.39 is 0 Å². The van der Waals surface area contributed by atoms with E-state index in [2.05, 4.69) is 30.9 Å². The van der Waals surface area contributed by atoms with Crippen LogP contribution in [-0.4, -0.2) is 11.2 Å². The Bertz CT molecular complexity index is 764. The third kappa shape index (κ3) is 2.06. The second kappa shape index (κ2) is 5.65. The second-order valence-corrected chi connectivity index (χ2v) is 8.13. The standard InChI is InChI=1S/C22H25NO/c1-3-5-14-12-20-19-9-8-16-15(13-23)6-4-7-17(16)18(19)10-11-22(20,2)21(14)24/h4,6-7,14,18-21,24H,8-12H2,1-2H3/t14-,18?,19?,20?,21+,22+/m1/s1. The maximum absolute atomic E-state index is 10.9. The maximum Gasteiger partial charge on any atom is 0.0994 e. The van der Waals surface area contributed by atoms with E-state index >= 15 is 0 Å². The highest BCUT2D eigenvalue weighted by molar-refractivity contribution is 5.46. The minimum Gasteiger partial charge on any atom is -0.391 e. The van der Waals surface area contributed by atoms with E-state index in [9.17, 15) is 10.4 Å². The third-order valence-electron chi connectivity index (χ3n) is 7.23. The van der Waals surface area contributed by atoms with Gasteiger partial charge in [0.15, 0.2) is 0 Å². The summed E-state index contributed by atoms with van der Waals surface area (Å²) in [6.45, 7) is 4.16. The van der Waals surface area contributed by atoms with E-state index in [1.807, 2.05) is 19.1 Å². The number of nitriles is 1. The van der Waals surface area contributed by atoms with E-state index in [1.54, 1.807) is 0 Å². The Kier molecular flexibility index (Phi) is 3.70. The van der Waals surface area contributed by atoms with Crippen LogP contribution in [0.2, 0.25) is 0 Å². The largest absolute Gasteiger partial charge is 0.391 e. The van der Waals surface area contributed by atoms with Crippen molar-refractivity contribution in [2.75, 3.05) is 0 Å². The minimum absolute atomic E-state index is 0.0139. The van der Waals surface area contributed by atoms with Gasteiger partial charge in [-0.2, -0.15) is 5.26 Å². The summed E-state index contributed by atoms with van der Waals surface area (Å²) in [4.78, 5) is 0. The fourth-order valence-corrected chi connectivity index (χ4v) is 6.07. The van der Waals surface area contributed by atoms with Gasteiger partial charge in [-0.05, 0) is 79.4 Å². The molecule has 1 aromatic rings. The van der Waals surface area contributed by atoms with Gasteiger partial charge in [0.1, 0.15) is 0 Å². The number of aliphatic hydroxyl groups is 1. The summed E-state index contributed by atoms with van der Waals surface area (Å²) in [5.41, 5.74) is 3.57. The lowest BCUT2D eigenvalue weighted by molar-refractivity contribution is -0.0278. The Morgan fingerprint density at radius 2 is 2.12 bits per heavy atom. The fourth-order valence-electron chi connectivity index (χ4n) is 6.07. The summed E-state index contributed by atoms with van der Waals surface area (Å²) < 4.78 is 0. The predicted molar refractivity (Wildman–Crippen MR) is 94.1 cm³/mol. The number of hydrogen-bond donors (Lipinski definition) is 1. The summed E-state index contributed by atoms with van der Waals surface area (Å²) in [5, 5.41) is 20.3. The third-order valence-corrected chi connectivity index (χ3v) is 7.23. The van der Waals surface area contributed by atoms with Gasteiger partial charge in [-0.15, -0.1) is 5.92 Å². The van der Waals surface area contributed by atoms with Gasteiger partial charge in [-0.25, -0.2) is 0 Å². The minimum atomic E-state index is -0.289. The summed E-state index contributed by atoms with van der Waals surface area (Å²) in [6, 6.07) is 8.62. The smallest absolute Gasteiger partial charge is 0.0994 e. The van der Waals surface area contributed by atoms with Crippen molar-refractivity contribution in [1.29, 1.82) is 5.26 Å². The van der Waals surface area contributed by atoms with E-state index in [-0.39, 0.29) is 17.4 Å². The second-order valence-electron chi connectivity index (χ2n) is 8.13. The summed E-state index contributed by atoms with van der Waals surface area (Å²) >= 11 is 0. The van der Waals surface area contributed by atoms with Crippen LogP contribution in [0.1, 0.15) is 62.1 Å². The molecule has 0 aromatic heterocycles. The molecule has 0 aliphatic heterocycles. The monoisotopic (exact) mass is 319 g/mol. The molecule has 0 heterocycles. The van der Waals surface area contributed by atoms with Crippen LogP contribution in [0.5, 0.6) is 0 Å². The molecule has 2 fully saturated rings. The van der Waals surface area contributed by atoms with Crippen molar-refractivity contribution in [2.24, 2.45) is 23.2 Å². The molecule has 3 unspecified atom stereocenters. The Labute approximate surface area is 144 Å². The Morgan fingerprint density at radius 3 is 2.88 bits per heavy atom. The fraction of sp³-hybridized carbons (Fsp3) is 0.591. The average Bonchev–Trinajstić information content (AvgIpc) is 2.86. The molecule has 0 saturated heterocycles. The van der Waals surface area contributed by atoms with Crippen LogP contribution >= 0.6 is 0 Å². The van der Waals surface area contributed by atoms with Crippen LogP contribution < -0.4 is 0 Å². The van der Waals surface area contributed by atoms with Crippen molar-refractivity contribution in [3.05, 3.63) is 34.9 Å². The number of nitrogens with zero attached hydrogens (tertiary/aromatic N) is 1. The number of hydrogen-bond acceptors (Lipinski definition) is 2. The first-order valence-corrected chi connectivity index (χ1v) is 9.22. The molecule has 1 aromatic carbocycles.